The van der Waals surface area contributed by atoms with Crippen LogP contribution in [0.3, 0.4) is 0 Å². The van der Waals surface area contributed by atoms with E-state index < -0.39 is 6.09 Å². The van der Waals surface area contributed by atoms with Gasteiger partial charge >= 0.3 is 6.09 Å². The van der Waals surface area contributed by atoms with E-state index >= 15 is 0 Å². The van der Waals surface area contributed by atoms with Crippen molar-refractivity contribution in [2.24, 2.45) is 0 Å². The summed E-state index contributed by atoms with van der Waals surface area (Å²) < 4.78 is 0. The summed E-state index contributed by atoms with van der Waals surface area (Å²) in [6.45, 7) is 0.440. The van der Waals surface area contributed by atoms with Gasteiger partial charge in [-0.1, -0.05) is 0 Å². The molecule has 1 aliphatic heterocycles. The number of hydrogen-bond donors (Lipinski definition) is 3. The van der Waals surface area contributed by atoms with Gasteiger partial charge in [0.2, 0.25) is 0 Å². The van der Waals surface area contributed by atoms with Crippen molar-refractivity contribution in [2.45, 2.75) is 0 Å². The molecule has 0 radical (unpaired) electrons. The summed E-state index contributed by atoms with van der Waals surface area (Å²) >= 11 is 0. The molecule has 2 heterocycles. The fourth-order valence-corrected chi connectivity index (χ4v) is 0.702. The molecule has 0 fully saturated rings. The third kappa shape index (κ3) is 3.28. The molecule has 13 heavy (non-hydrogen) atoms. The summed E-state index contributed by atoms with van der Waals surface area (Å²) in [5.41, 5.74) is 2.51. The van der Waals surface area contributed by atoms with Crippen LogP contribution in [0.4, 0.5) is 4.79 Å². The van der Waals surface area contributed by atoms with Crippen LogP contribution in [0.2, 0.25) is 0 Å². The minimum absolute atomic E-state index is 0.440. The van der Waals surface area contributed by atoms with E-state index in [0.717, 1.165) is 5.01 Å². The first-order chi connectivity index (χ1) is 6.30. The third-order valence-electron chi connectivity index (χ3n) is 1.27. The van der Waals surface area contributed by atoms with E-state index in [9.17, 15) is 4.79 Å². The molecule has 1 aromatic rings. The minimum Gasteiger partial charge on any atom is -0.464 e. The number of carbonyl (C=O) groups is 1. The molecule has 1 amide bonds. The zero-order chi connectivity index (χ0) is 9.52. The van der Waals surface area contributed by atoms with Gasteiger partial charge in [0, 0.05) is 18.6 Å². The summed E-state index contributed by atoms with van der Waals surface area (Å²) in [5, 5.41) is 15.5. The van der Waals surface area contributed by atoms with Gasteiger partial charge < -0.3 is 10.5 Å². The maximum atomic E-state index is 10.0. The molecule has 0 bridgehead atoms. The van der Waals surface area contributed by atoms with Crippen LogP contribution < -0.4 is 5.43 Å². The second kappa shape index (κ2) is 4.81. The Labute approximate surface area is 74.8 Å². The number of hydrogen-bond acceptors (Lipinski definition) is 3. The van der Waals surface area contributed by atoms with Gasteiger partial charge in [0.15, 0.2) is 0 Å². The molecule has 0 aliphatic carbocycles. The first kappa shape index (κ1) is 9.11. The lowest BCUT2D eigenvalue weighted by atomic mass is 10.6. The molecule has 0 aromatic carbocycles. The normalized spacial score (nSPS) is 13.1. The zero-order valence-corrected chi connectivity index (χ0v) is 6.84. The van der Waals surface area contributed by atoms with Crippen molar-refractivity contribution >= 4 is 6.09 Å². The maximum absolute atomic E-state index is 10.0. The van der Waals surface area contributed by atoms with Crippen LogP contribution in [-0.4, -0.2) is 33.0 Å². The van der Waals surface area contributed by atoms with Gasteiger partial charge in [0.1, 0.15) is 0 Å². The third-order valence-corrected chi connectivity index (χ3v) is 1.27. The number of nitrogens with zero attached hydrogens (tertiary/aromatic N) is 2. The predicted molar refractivity (Wildman–Crippen MR) is 45.6 cm³/mol. The van der Waals surface area contributed by atoms with Crippen molar-refractivity contribution in [3.63, 3.8) is 0 Å². The SMILES string of the molecule is O=C(O)N1CC=CN1.c1cn[nH]c1. The van der Waals surface area contributed by atoms with Gasteiger partial charge in [0.05, 0.1) is 6.54 Å². The number of hydrazine groups is 1. The molecular weight excluding hydrogens is 172 g/mol. The summed E-state index contributed by atoms with van der Waals surface area (Å²) in [4.78, 5) is 10.0. The number of H-pyrrole nitrogens is 1. The van der Waals surface area contributed by atoms with Crippen LogP contribution in [-0.2, 0) is 0 Å². The molecule has 0 atom stereocenters. The van der Waals surface area contributed by atoms with E-state index in [1.165, 1.54) is 0 Å². The van der Waals surface area contributed by atoms with Gasteiger partial charge in [0.25, 0.3) is 0 Å². The van der Waals surface area contributed by atoms with Crippen molar-refractivity contribution in [1.29, 1.82) is 0 Å². The number of amides is 1. The first-order valence-corrected chi connectivity index (χ1v) is 3.66. The molecule has 2 rings (SSSR count). The first-order valence-electron chi connectivity index (χ1n) is 3.66. The summed E-state index contributed by atoms with van der Waals surface area (Å²) in [7, 11) is 0. The van der Waals surface area contributed by atoms with Crippen LogP contribution in [0.5, 0.6) is 0 Å². The van der Waals surface area contributed by atoms with E-state index in [1.807, 2.05) is 6.07 Å². The van der Waals surface area contributed by atoms with E-state index in [-0.39, 0.29) is 0 Å². The van der Waals surface area contributed by atoms with Gasteiger partial charge in [-0.05, 0) is 12.1 Å². The molecular formula is C7H10N4O2. The van der Waals surface area contributed by atoms with Crippen LogP contribution in [0, 0.1) is 0 Å². The highest BCUT2D eigenvalue weighted by molar-refractivity contribution is 5.65. The number of aromatic nitrogens is 2. The molecule has 1 aromatic heterocycles. The molecule has 6 heteroatoms. The lowest BCUT2D eigenvalue weighted by Gasteiger charge is -2.09. The number of rotatable bonds is 0. The topological polar surface area (TPSA) is 81.2 Å². The molecule has 0 spiro atoms. The fraction of sp³-hybridized carbons (Fsp3) is 0.143. The Kier molecular flexibility index (Phi) is 3.37. The second-order valence-electron chi connectivity index (χ2n) is 2.19. The average molecular weight is 182 g/mol. The standard InChI is InChI=1S/C4H6N2O2.C3H4N2/c7-4(8)6-3-1-2-5-6;1-2-4-5-3-1/h1-2,5H,3H2,(H,7,8);1-3H,(H,4,5). The number of nitrogens with one attached hydrogen (secondary N) is 2. The summed E-state index contributed by atoms with van der Waals surface area (Å²) in [6, 6.07) is 1.83. The monoisotopic (exact) mass is 182 g/mol. The smallest absolute Gasteiger partial charge is 0.426 e. The molecule has 0 saturated carbocycles. The van der Waals surface area contributed by atoms with Crippen molar-refractivity contribution in [3.8, 4) is 0 Å². The Morgan fingerprint density at radius 1 is 1.62 bits per heavy atom. The van der Waals surface area contributed by atoms with Crippen molar-refractivity contribution in [2.75, 3.05) is 6.54 Å². The molecule has 3 N–H and O–H groups in total. The Morgan fingerprint density at radius 3 is 2.69 bits per heavy atom. The highest BCUT2D eigenvalue weighted by Crippen LogP contribution is 1.90. The Hall–Kier alpha value is -1.98. The minimum atomic E-state index is -0.949. The van der Waals surface area contributed by atoms with Gasteiger partial charge in [-0.25, -0.2) is 9.80 Å². The van der Waals surface area contributed by atoms with Crippen molar-refractivity contribution in [1.82, 2.24) is 20.6 Å². The average Bonchev–Trinajstić information content (AvgIpc) is 2.82. The zero-order valence-electron chi connectivity index (χ0n) is 6.84. The van der Waals surface area contributed by atoms with Gasteiger partial charge in [-0.15, -0.1) is 0 Å². The Morgan fingerprint density at radius 2 is 2.46 bits per heavy atom. The summed E-state index contributed by atoms with van der Waals surface area (Å²) in [6.07, 6.45) is 5.83. The quantitative estimate of drug-likeness (QED) is 0.542. The fourth-order valence-electron chi connectivity index (χ4n) is 0.702. The van der Waals surface area contributed by atoms with E-state index in [1.54, 1.807) is 24.7 Å². The molecule has 0 unspecified atom stereocenters. The van der Waals surface area contributed by atoms with Gasteiger partial charge in [-0.3, -0.25) is 5.10 Å². The Balaban J connectivity index is 0.000000145. The van der Waals surface area contributed by atoms with Gasteiger partial charge in [-0.2, -0.15) is 5.10 Å². The highest BCUT2D eigenvalue weighted by atomic mass is 16.4. The maximum Gasteiger partial charge on any atom is 0.426 e. The lowest BCUT2D eigenvalue weighted by Crippen LogP contribution is -2.34. The molecule has 70 valence electrons. The second-order valence-corrected chi connectivity index (χ2v) is 2.19. The van der Waals surface area contributed by atoms with Crippen molar-refractivity contribution < 1.29 is 9.90 Å². The van der Waals surface area contributed by atoms with Crippen LogP contribution in [0.1, 0.15) is 0 Å². The lowest BCUT2D eigenvalue weighted by molar-refractivity contribution is 0.141. The van der Waals surface area contributed by atoms with E-state index in [4.69, 9.17) is 5.11 Å². The van der Waals surface area contributed by atoms with Crippen LogP contribution in [0.25, 0.3) is 0 Å². The number of aromatic amines is 1. The van der Waals surface area contributed by atoms with E-state index in [0.29, 0.717) is 6.54 Å². The van der Waals surface area contributed by atoms with Crippen LogP contribution in [0.15, 0.2) is 30.7 Å². The molecule has 0 saturated heterocycles. The predicted octanol–water partition coefficient (Wildman–Crippen LogP) is 0.408. The largest absolute Gasteiger partial charge is 0.464 e. The highest BCUT2D eigenvalue weighted by Gasteiger charge is 2.09. The summed E-state index contributed by atoms with van der Waals surface area (Å²) in [5.74, 6) is 0. The number of carboxylic acid groups (broad SMARTS) is 1. The van der Waals surface area contributed by atoms with Crippen LogP contribution >= 0.6 is 0 Å². The Bertz CT molecular complexity index is 245. The van der Waals surface area contributed by atoms with Crippen molar-refractivity contribution in [3.05, 3.63) is 30.7 Å². The molecule has 1 aliphatic rings. The van der Waals surface area contributed by atoms with E-state index in [2.05, 4.69) is 15.6 Å². The molecule has 6 nitrogen and oxygen atoms in total.